The number of hydrogen-bond acceptors (Lipinski definition) is 1. The molecule has 0 amide bonds. The van der Waals surface area contributed by atoms with Crippen LogP contribution in [-0.2, 0) is 6.42 Å². The molecule has 27 heavy (non-hydrogen) atoms. The third kappa shape index (κ3) is 3.33. The van der Waals surface area contributed by atoms with Crippen LogP contribution in [0.2, 0.25) is 0 Å². The van der Waals surface area contributed by atoms with E-state index in [0.29, 0.717) is 5.92 Å². The number of nitrogens with zero attached hydrogens (tertiary/aromatic N) is 1. The molecule has 0 bridgehead atoms. The molecule has 0 N–H and O–H groups in total. The van der Waals surface area contributed by atoms with Crippen LogP contribution >= 0.6 is 0 Å². The molecule has 1 aliphatic rings. The number of anilines is 1. The zero-order valence-corrected chi connectivity index (χ0v) is 18.4. The summed E-state index contributed by atoms with van der Waals surface area (Å²) >= 11 is 0. The fourth-order valence-electron chi connectivity index (χ4n) is 5.26. The number of rotatable bonds is 4. The lowest BCUT2D eigenvalue weighted by molar-refractivity contribution is 0.363. The molecule has 0 aliphatic carbocycles. The summed E-state index contributed by atoms with van der Waals surface area (Å²) in [7, 11) is 0. The van der Waals surface area contributed by atoms with Crippen molar-refractivity contribution in [2.24, 2.45) is 5.92 Å². The lowest BCUT2D eigenvalue weighted by atomic mass is 9.79. The molecule has 1 nitrogen and oxygen atoms in total. The van der Waals surface area contributed by atoms with Crippen molar-refractivity contribution in [2.75, 3.05) is 4.90 Å². The van der Waals surface area contributed by atoms with Gasteiger partial charge in [-0.05, 0) is 102 Å². The summed E-state index contributed by atoms with van der Waals surface area (Å²) in [6, 6.07) is 13.3. The van der Waals surface area contributed by atoms with Gasteiger partial charge < -0.3 is 4.90 Å². The van der Waals surface area contributed by atoms with Crippen molar-refractivity contribution >= 4 is 5.69 Å². The minimum absolute atomic E-state index is 0.0850. The van der Waals surface area contributed by atoms with Gasteiger partial charge >= 0.3 is 0 Å². The zero-order chi connectivity index (χ0) is 19.9. The van der Waals surface area contributed by atoms with E-state index in [9.17, 15) is 0 Å². The second-order valence-electron chi connectivity index (χ2n) is 8.96. The monoisotopic (exact) mass is 361 g/mol. The first-order chi connectivity index (χ1) is 12.7. The van der Waals surface area contributed by atoms with Crippen LogP contribution in [0.1, 0.15) is 61.9 Å². The number of allylic oxidation sites excluding steroid dienone is 1. The lowest BCUT2D eigenvalue weighted by Crippen LogP contribution is -2.44. The van der Waals surface area contributed by atoms with Crippen LogP contribution < -0.4 is 4.90 Å². The van der Waals surface area contributed by atoms with Gasteiger partial charge in [0.15, 0.2) is 0 Å². The summed E-state index contributed by atoms with van der Waals surface area (Å²) in [5.74, 6) is 0.565. The van der Waals surface area contributed by atoms with Gasteiger partial charge in [0.2, 0.25) is 0 Å². The molecule has 1 heterocycles. The Morgan fingerprint density at radius 3 is 1.78 bits per heavy atom. The third-order valence-corrected chi connectivity index (χ3v) is 6.85. The molecule has 2 aromatic carbocycles. The molecule has 0 saturated carbocycles. The van der Waals surface area contributed by atoms with Gasteiger partial charge in [0.25, 0.3) is 0 Å². The molecule has 0 saturated heterocycles. The Morgan fingerprint density at radius 2 is 1.26 bits per heavy atom. The largest absolute Gasteiger partial charge is 0.339 e. The predicted molar refractivity (Wildman–Crippen MR) is 119 cm³/mol. The van der Waals surface area contributed by atoms with E-state index in [0.717, 1.165) is 6.42 Å². The van der Waals surface area contributed by atoms with Crippen LogP contribution in [-0.4, -0.2) is 5.54 Å². The van der Waals surface area contributed by atoms with Crippen LogP contribution in [0, 0.1) is 33.6 Å². The lowest BCUT2D eigenvalue weighted by Gasteiger charge is -2.41. The summed E-state index contributed by atoms with van der Waals surface area (Å²) in [6.45, 7) is 18.5. The number of aryl methyl sites for hydroxylation is 4. The zero-order valence-electron chi connectivity index (χ0n) is 18.4. The second kappa shape index (κ2) is 7.19. The highest BCUT2D eigenvalue weighted by Crippen LogP contribution is 2.48. The summed E-state index contributed by atoms with van der Waals surface area (Å²) in [5.41, 5.74) is 11.6. The summed E-state index contributed by atoms with van der Waals surface area (Å²) in [4.78, 5) is 2.61. The molecule has 0 fully saturated rings. The smallest absolute Gasteiger partial charge is 0.0472 e. The second-order valence-corrected chi connectivity index (χ2v) is 8.96. The molecule has 3 rings (SSSR count). The van der Waals surface area contributed by atoms with Crippen molar-refractivity contribution in [1.29, 1.82) is 0 Å². The maximum Gasteiger partial charge on any atom is 0.0472 e. The fraction of sp³-hybridized carbons (Fsp3) is 0.462. The third-order valence-electron chi connectivity index (χ3n) is 6.85. The quantitative estimate of drug-likeness (QED) is 0.563. The van der Waals surface area contributed by atoms with E-state index in [-0.39, 0.29) is 5.54 Å². The first-order valence-corrected chi connectivity index (χ1v) is 10.2. The SMILES string of the molecule is CC1=C(C)N(c2c(C)cccc2C)C(C)(C)C1CCc1c(C)cccc1C. The van der Waals surface area contributed by atoms with E-state index in [1.165, 1.54) is 45.6 Å². The molecule has 0 radical (unpaired) electrons. The van der Waals surface area contributed by atoms with Gasteiger partial charge in [0.05, 0.1) is 0 Å². The van der Waals surface area contributed by atoms with Crippen LogP contribution in [0.25, 0.3) is 0 Å². The number of benzene rings is 2. The molecule has 2 aromatic rings. The van der Waals surface area contributed by atoms with E-state index in [1.807, 2.05) is 0 Å². The van der Waals surface area contributed by atoms with Crippen molar-refractivity contribution in [3.05, 3.63) is 75.5 Å². The summed E-state index contributed by atoms with van der Waals surface area (Å²) in [5, 5.41) is 0. The molecule has 1 unspecified atom stereocenters. The minimum Gasteiger partial charge on any atom is -0.339 e. The molecular weight excluding hydrogens is 326 g/mol. The molecule has 1 aliphatic heterocycles. The first-order valence-electron chi connectivity index (χ1n) is 10.2. The summed E-state index contributed by atoms with van der Waals surface area (Å²) in [6.07, 6.45) is 2.35. The Hall–Kier alpha value is -2.02. The molecule has 1 heteroatoms. The Bertz CT molecular complexity index is 845. The van der Waals surface area contributed by atoms with Crippen LogP contribution in [0.15, 0.2) is 47.7 Å². The van der Waals surface area contributed by atoms with Gasteiger partial charge in [-0.2, -0.15) is 0 Å². The van der Waals surface area contributed by atoms with E-state index in [1.54, 1.807) is 5.57 Å². The molecule has 1 atom stereocenters. The van der Waals surface area contributed by atoms with Crippen molar-refractivity contribution in [1.82, 2.24) is 0 Å². The van der Waals surface area contributed by atoms with E-state index < -0.39 is 0 Å². The van der Waals surface area contributed by atoms with E-state index in [2.05, 4.69) is 96.7 Å². The van der Waals surface area contributed by atoms with Crippen molar-refractivity contribution < 1.29 is 0 Å². The van der Waals surface area contributed by atoms with Crippen LogP contribution in [0.5, 0.6) is 0 Å². The maximum absolute atomic E-state index is 2.61. The highest BCUT2D eigenvalue weighted by Gasteiger charge is 2.44. The molecule has 144 valence electrons. The van der Waals surface area contributed by atoms with Gasteiger partial charge in [-0.1, -0.05) is 36.4 Å². The van der Waals surface area contributed by atoms with Crippen molar-refractivity contribution in [3.63, 3.8) is 0 Å². The van der Waals surface area contributed by atoms with Crippen LogP contribution in [0.4, 0.5) is 5.69 Å². The maximum atomic E-state index is 2.61. The average molecular weight is 362 g/mol. The van der Waals surface area contributed by atoms with Gasteiger partial charge in [0, 0.05) is 22.8 Å². The van der Waals surface area contributed by atoms with Gasteiger partial charge in [0.1, 0.15) is 0 Å². The topological polar surface area (TPSA) is 3.24 Å². The average Bonchev–Trinajstić information content (AvgIpc) is 2.75. The minimum atomic E-state index is 0.0850. The molecular formula is C26H35N. The Labute approximate surface area is 166 Å². The van der Waals surface area contributed by atoms with E-state index in [4.69, 9.17) is 0 Å². The van der Waals surface area contributed by atoms with Crippen LogP contribution in [0.3, 0.4) is 0 Å². The normalized spacial score (nSPS) is 19.1. The van der Waals surface area contributed by atoms with Crippen molar-refractivity contribution in [2.45, 2.75) is 73.8 Å². The van der Waals surface area contributed by atoms with Crippen molar-refractivity contribution in [3.8, 4) is 0 Å². The fourth-order valence-corrected chi connectivity index (χ4v) is 5.26. The highest BCUT2D eigenvalue weighted by molar-refractivity contribution is 5.67. The number of para-hydroxylation sites is 1. The van der Waals surface area contributed by atoms with Gasteiger partial charge in [-0.3, -0.25) is 0 Å². The molecule has 0 spiro atoms. The Balaban J connectivity index is 1.95. The van der Waals surface area contributed by atoms with E-state index >= 15 is 0 Å². The summed E-state index contributed by atoms with van der Waals surface area (Å²) < 4.78 is 0. The molecule has 0 aromatic heterocycles. The Morgan fingerprint density at radius 1 is 0.778 bits per heavy atom. The highest BCUT2D eigenvalue weighted by atomic mass is 15.2. The first kappa shape index (κ1) is 19.7. The Kier molecular flexibility index (Phi) is 5.25. The standard InChI is InChI=1S/C26H35N/c1-17-11-9-12-18(2)23(17)15-16-24-21(5)22(6)27(26(24,7)8)25-19(3)13-10-14-20(25)4/h9-14,24H,15-16H2,1-8H3. The van der Waals surface area contributed by atoms with Gasteiger partial charge in [-0.25, -0.2) is 0 Å². The number of hydrogen-bond donors (Lipinski definition) is 0. The van der Waals surface area contributed by atoms with Gasteiger partial charge in [-0.15, -0.1) is 0 Å². The predicted octanol–water partition coefficient (Wildman–Crippen LogP) is 7.06.